The molecule has 0 aliphatic heterocycles. The van der Waals surface area contributed by atoms with Gasteiger partial charge < -0.3 is 10.4 Å². The molecule has 1 heterocycles. The third-order valence-electron chi connectivity index (χ3n) is 1.85. The maximum absolute atomic E-state index is 11.3. The van der Waals surface area contributed by atoms with Crippen LogP contribution in [0, 0.1) is 0 Å². The molecule has 0 radical (unpaired) electrons. The van der Waals surface area contributed by atoms with Crippen molar-refractivity contribution in [2.75, 3.05) is 5.75 Å². The molecule has 1 rings (SSSR count). The summed E-state index contributed by atoms with van der Waals surface area (Å²) in [4.78, 5) is 22.9. The van der Waals surface area contributed by atoms with E-state index in [9.17, 15) is 9.59 Å². The Morgan fingerprint density at radius 1 is 1.59 bits per heavy atom. The number of carboxylic acids is 1. The molecular formula is C10H12ClNO3S2. The van der Waals surface area contributed by atoms with Crippen LogP contribution in [0.4, 0.5) is 0 Å². The monoisotopic (exact) mass is 293 g/mol. The summed E-state index contributed by atoms with van der Waals surface area (Å²) in [6.45, 7) is 1.43. The predicted octanol–water partition coefficient (Wildman–Crippen LogP) is 2.22. The van der Waals surface area contributed by atoms with Crippen molar-refractivity contribution in [2.45, 2.75) is 18.7 Å². The van der Waals surface area contributed by atoms with E-state index in [4.69, 9.17) is 16.7 Å². The Balaban J connectivity index is 2.22. The Morgan fingerprint density at radius 3 is 2.82 bits per heavy atom. The second-order valence-corrected chi connectivity index (χ2v) is 6.11. The van der Waals surface area contributed by atoms with E-state index in [0.29, 0.717) is 5.75 Å². The van der Waals surface area contributed by atoms with Gasteiger partial charge in [-0.25, -0.2) is 0 Å². The summed E-state index contributed by atoms with van der Waals surface area (Å²) in [7, 11) is 0. The summed E-state index contributed by atoms with van der Waals surface area (Å²) in [5.74, 6) is -0.361. The Morgan fingerprint density at radius 2 is 2.29 bits per heavy atom. The fraction of sp³-hybridized carbons (Fsp3) is 0.400. The van der Waals surface area contributed by atoms with E-state index >= 15 is 0 Å². The van der Waals surface area contributed by atoms with Gasteiger partial charge >= 0.3 is 5.97 Å². The minimum atomic E-state index is -1.03. The smallest absolute Gasteiger partial charge is 0.325 e. The lowest BCUT2D eigenvalue weighted by atomic mass is 10.3. The average molecular weight is 294 g/mol. The van der Waals surface area contributed by atoms with Crippen LogP contribution >= 0.6 is 34.7 Å². The molecule has 7 heteroatoms. The summed E-state index contributed by atoms with van der Waals surface area (Å²) in [5.41, 5.74) is 0. The molecule has 0 bridgehead atoms. The van der Waals surface area contributed by atoms with Gasteiger partial charge in [-0.1, -0.05) is 11.6 Å². The van der Waals surface area contributed by atoms with Crippen LogP contribution < -0.4 is 5.32 Å². The Bertz CT molecular complexity index is 408. The second-order valence-electron chi connectivity index (χ2n) is 3.33. The Kier molecular flexibility index (Phi) is 5.80. The highest BCUT2D eigenvalue weighted by Crippen LogP contribution is 2.24. The van der Waals surface area contributed by atoms with Crippen LogP contribution in [0.5, 0.6) is 0 Å². The number of carbonyl (C=O) groups is 2. The number of amides is 1. The van der Waals surface area contributed by atoms with Crippen molar-refractivity contribution < 1.29 is 14.7 Å². The number of carboxylic acid groups (broad SMARTS) is 1. The molecule has 0 aliphatic rings. The molecule has 1 aromatic heterocycles. The van der Waals surface area contributed by atoms with Gasteiger partial charge in [-0.15, -0.1) is 23.1 Å². The number of halogens is 1. The highest BCUT2D eigenvalue weighted by molar-refractivity contribution is 7.99. The molecule has 0 saturated carbocycles. The van der Waals surface area contributed by atoms with Crippen molar-refractivity contribution in [1.82, 2.24) is 5.32 Å². The highest BCUT2D eigenvalue weighted by Gasteiger charge is 2.13. The van der Waals surface area contributed by atoms with Gasteiger partial charge in [0.1, 0.15) is 6.04 Å². The molecule has 0 aromatic carbocycles. The third kappa shape index (κ3) is 5.43. The maximum atomic E-state index is 11.3. The van der Waals surface area contributed by atoms with Crippen LogP contribution in [0.2, 0.25) is 4.34 Å². The molecule has 0 spiro atoms. The zero-order valence-corrected chi connectivity index (χ0v) is 11.5. The lowest BCUT2D eigenvalue weighted by Crippen LogP contribution is -2.39. The lowest BCUT2D eigenvalue weighted by Gasteiger charge is -2.08. The van der Waals surface area contributed by atoms with Crippen molar-refractivity contribution >= 4 is 46.6 Å². The number of rotatable bonds is 6. The maximum Gasteiger partial charge on any atom is 0.325 e. The zero-order valence-electron chi connectivity index (χ0n) is 9.10. The van der Waals surface area contributed by atoms with Crippen molar-refractivity contribution in [2.24, 2.45) is 0 Å². The van der Waals surface area contributed by atoms with E-state index in [1.807, 2.05) is 12.1 Å². The summed E-state index contributed by atoms with van der Waals surface area (Å²) >= 11 is 8.68. The quantitative estimate of drug-likeness (QED) is 0.844. The average Bonchev–Trinajstić information content (AvgIpc) is 2.64. The van der Waals surface area contributed by atoms with Gasteiger partial charge in [0.15, 0.2) is 0 Å². The molecule has 17 heavy (non-hydrogen) atoms. The summed E-state index contributed by atoms with van der Waals surface area (Å²) in [6, 6.07) is 2.88. The van der Waals surface area contributed by atoms with E-state index in [2.05, 4.69) is 5.32 Å². The minimum Gasteiger partial charge on any atom is -0.480 e. The van der Waals surface area contributed by atoms with E-state index in [1.165, 1.54) is 30.0 Å². The van der Waals surface area contributed by atoms with E-state index in [0.717, 1.165) is 9.21 Å². The summed E-state index contributed by atoms with van der Waals surface area (Å²) in [6.07, 6.45) is 0. The minimum absolute atomic E-state index is 0.243. The molecule has 0 aliphatic carbocycles. The molecule has 0 fully saturated rings. The van der Waals surface area contributed by atoms with Crippen LogP contribution in [0.3, 0.4) is 0 Å². The largest absolute Gasteiger partial charge is 0.480 e. The Labute approximate surface area is 112 Å². The van der Waals surface area contributed by atoms with Crippen molar-refractivity contribution in [3.8, 4) is 0 Å². The topological polar surface area (TPSA) is 66.4 Å². The summed E-state index contributed by atoms with van der Waals surface area (Å²) in [5, 5.41) is 11.0. The van der Waals surface area contributed by atoms with Gasteiger partial charge in [0.2, 0.25) is 5.91 Å². The summed E-state index contributed by atoms with van der Waals surface area (Å²) < 4.78 is 0.726. The lowest BCUT2D eigenvalue weighted by molar-refractivity contribution is -0.140. The van der Waals surface area contributed by atoms with Crippen molar-refractivity contribution in [1.29, 1.82) is 0 Å². The number of thioether (sulfide) groups is 1. The van der Waals surface area contributed by atoms with Gasteiger partial charge in [0, 0.05) is 10.6 Å². The molecule has 1 aromatic rings. The van der Waals surface area contributed by atoms with E-state index in [1.54, 1.807) is 0 Å². The number of hydrogen-bond donors (Lipinski definition) is 2. The SMILES string of the molecule is C[C@H](NC(=O)CSCc1ccc(Cl)s1)C(=O)O. The van der Waals surface area contributed by atoms with Crippen molar-refractivity contribution in [3.63, 3.8) is 0 Å². The van der Waals surface area contributed by atoms with Gasteiger partial charge in [-0.05, 0) is 19.1 Å². The van der Waals surface area contributed by atoms with Crippen LogP contribution in [0.1, 0.15) is 11.8 Å². The van der Waals surface area contributed by atoms with Crippen LogP contribution in [0.25, 0.3) is 0 Å². The first-order chi connectivity index (χ1) is 7.99. The number of nitrogens with one attached hydrogen (secondary N) is 1. The predicted molar refractivity (Wildman–Crippen MR) is 70.7 cm³/mol. The van der Waals surface area contributed by atoms with Gasteiger partial charge in [-0.2, -0.15) is 0 Å². The second kappa shape index (κ2) is 6.88. The standard InChI is InChI=1S/C10H12ClNO3S2/c1-6(10(14)15)12-9(13)5-16-4-7-2-3-8(11)17-7/h2-3,6H,4-5H2,1H3,(H,12,13)(H,14,15)/t6-/m0/s1. The first-order valence-corrected chi connectivity index (χ1v) is 7.18. The molecule has 0 unspecified atom stereocenters. The number of thiophene rings is 1. The molecule has 0 saturated heterocycles. The van der Waals surface area contributed by atoms with Gasteiger partial charge in [0.25, 0.3) is 0 Å². The third-order valence-corrected chi connectivity index (χ3v) is 4.25. The highest BCUT2D eigenvalue weighted by atomic mass is 35.5. The molecule has 2 N–H and O–H groups in total. The normalized spacial score (nSPS) is 12.1. The van der Waals surface area contributed by atoms with E-state index < -0.39 is 12.0 Å². The molecule has 4 nitrogen and oxygen atoms in total. The first-order valence-electron chi connectivity index (χ1n) is 4.83. The van der Waals surface area contributed by atoms with E-state index in [-0.39, 0.29) is 11.7 Å². The van der Waals surface area contributed by atoms with Crippen molar-refractivity contribution in [3.05, 3.63) is 21.3 Å². The molecule has 1 amide bonds. The fourth-order valence-electron chi connectivity index (χ4n) is 1.02. The Hall–Kier alpha value is -0.720. The van der Waals surface area contributed by atoms with Crippen LogP contribution in [-0.2, 0) is 15.3 Å². The van der Waals surface area contributed by atoms with Crippen LogP contribution in [-0.4, -0.2) is 28.8 Å². The van der Waals surface area contributed by atoms with Gasteiger partial charge in [0.05, 0.1) is 10.1 Å². The number of carbonyl (C=O) groups excluding carboxylic acids is 1. The number of aliphatic carboxylic acids is 1. The molecule has 1 atom stereocenters. The van der Waals surface area contributed by atoms with Crippen LogP contribution in [0.15, 0.2) is 12.1 Å². The molecular weight excluding hydrogens is 282 g/mol. The zero-order chi connectivity index (χ0) is 12.8. The number of hydrogen-bond acceptors (Lipinski definition) is 4. The first kappa shape index (κ1) is 14.3. The molecule has 94 valence electrons. The fourth-order valence-corrected chi connectivity index (χ4v) is 3.06. The van der Waals surface area contributed by atoms with Gasteiger partial charge in [-0.3, -0.25) is 9.59 Å².